The van der Waals surface area contributed by atoms with Gasteiger partial charge in [-0.05, 0) is 12.1 Å². The summed E-state index contributed by atoms with van der Waals surface area (Å²) in [6.45, 7) is 0.396. The third-order valence-corrected chi connectivity index (χ3v) is 4.50. The van der Waals surface area contributed by atoms with Gasteiger partial charge in [0.1, 0.15) is 11.9 Å². The number of methoxy groups -OCH3 is 1. The number of carbonyl (C=O) groups excluding carboxylic acids is 1. The zero-order valence-corrected chi connectivity index (χ0v) is 13.3. The van der Waals surface area contributed by atoms with Crippen LogP contribution in [0.5, 0.6) is 11.6 Å². The molecule has 2 aromatic rings. The first-order valence-electron chi connectivity index (χ1n) is 7.94. The number of pyridine rings is 1. The molecule has 0 spiro atoms. The first kappa shape index (κ1) is 14.8. The van der Waals surface area contributed by atoms with Gasteiger partial charge in [0, 0.05) is 24.2 Å². The summed E-state index contributed by atoms with van der Waals surface area (Å²) in [4.78, 5) is 18.2. The summed E-state index contributed by atoms with van der Waals surface area (Å²) < 4.78 is 17.1. The number of rotatable bonds is 2. The largest absolute Gasteiger partial charge is 0.486 e. The predicted molar refractivity (Wildman–Crippen MR) is 86.0 cm³/mol. The third-order valence-electron chi connectivity index (χ3n) is 4.50. The molecule has 6 nitrogen and oxygen atoms in total. The number of ether oxygens (including phenoxy) is 3. The third kappa shape index (κ3) is 2.54. The van der Waals surface area contributed by atoms with Crippen LogP contribution in [0.4, 0.5) is 4.79 Å². The molecule has 4 rings (SSSR count). The van der Waals surface area contributed by atoms with E-state index in [1.54, 1.807) is 17.2 Å². The normalized spacial score (nSPS) is 24.5. The van der Waals surface area contributed by atoms with E-state index in [-0.39, 0.29) is 24.3 Å². The number of carbonyl (C=O) groups is 1. The fraction of sp³-hybridized carbons (Fsp3) is 0.333. The molecule has 0 aliphatic carbocycles. The van der Waals surface area contributed by atoms with E-state index in [0.717, 1.165) is 11.3 Å². The van der Waals surface area contributed by atoms with Crippen molar-refractivity contribution in [3.8, 4) is 11.6 Å². The number of fused-ring (bicyclic) bond motifs is 4. The van der Waals surface area contributed by atoms with Gasteiger partial charge in [-0.15, -0.1) is 0 Å². The molecule has 1 fully saturated rings. The molecule has 1 aromatic heterocycles. The van der Waals surface area contributed by atoms with E-state index < -0.39 is 0 Å². The van der Waals surface area contributed by atoms with E-state index in [0.29, 0.717) is 18.8 Å². The van der Waals surface area contributed by atoms with Gasteiger partial charge in [0.15, 0.2) is 6.10 Å². The summed E-state index contributed by atoms with van der Waals surface area (Å²) >= 11 is 0. The highest BCUT2D eigenvalue weighted by Gasteiger charge is 2.45. The molecule has 0 unspecified atom stereocenters. The van der Waals surface area contributed by atoms with Gasteiger partial charge in [-0.1, -0.05) is 24.3 Å². The number of benzene rings is 1. The van der Waals surface area contributed by atoms with E-state index in [1.165, 1.54) is 7.11 Å². The van der Waals surface area contributed by atoms with E-state index in [2.05, 4.69) is 4.98 Å². The Morgan fingerprint density at radius 2 is 2.08 bits per heavy atom. The summed E-state index contributed by atoms with van der Waals surface area (Å²) in [7, 11) is 1.40. The van der Waals surface area contributed by atoms with Crippen LogP contribution in [0, 0.1) is 0 Å². The SMILES string of the molecule is COC(=O)N1C[C@H](Oc2ccccn2)[C@H]2C[C@@H]1c1ccccc1O2. The van der Waals surface area contributed by atoms with E-state index in [1.807, 2.05) is 36.4 Å². The Balaban J connectivity index is 1.66. The summed E-state index contributed by atoms with van der Waals surface area (Å²) in [5.41, 5.74) is 1.01. The molecule has 3 atom stereocenters. The van der Waals surface area contributed by atoms with E-state index in [4.69, 9.17) is 14.2 Å². The Morgan fingerprint density at radius 3 is 2.88 bits per heavy atom. The molecule has 124 valence electrons. The number of likely N-dealkylation sites (tertiary alicyclic amines) is 1. The van der Waals surface area contributed by atoms with Gasteiger partial charge in [0.05, 0.1) is 19.7 Å². The van der Waals surface area contributed by atoms with Crippen LogP contribution >= 0.6 is 0 Å². The molecule has 24 heavy (non-hydrogen) atoms. The maximum Gasteiger partial charge on any atom is 0.410 e. The first-order valence-corrected chi connectivity index (χ1v) is 7.94. The zero-order chi connectivity index (χ0) is 16.5. The van der Waals surface area contributed by atoms with Gasteiger partial charge in [0.2, 0.25) is 5.88 Å². The number of para-hydroxylation sites is 1. The number of piperidine rings is 1. The molecule has 0 saturated carbocycles. The minimum Gasteiger partial charge on any atom is -0.486 e. The highest BCUT2D eigenvalue weighted by Crippen LogP contribution is 2.43. The van der Waals surface area contributed by atoms with Crippen molar-refractivity contribution in [3.05, 3.63) is 54.2 Å². The lowest BCUT2D eigenvalue weighted by Gasteiger charge is -2.46. The van der Waals surface area contributed by atoms with Crippen molar-refractivity contribution in [2.75, 3.05) is 13.7 Å². The Morgan fingerprint density at radius 1 is 1.25 bits per heavy atom. The maximum absolute atomic E-state index is 12.3. The highest BCUT2D eigenvalue weighted by atomic mass is 16.6. The average Bonchev–Trinajstić information content (AvgIpc) is 2.64. The van der Waals surface area contributed by atoms with Gasteiger partial charge < -0.3 is 14.2 Å². The monoisotopic (exact) mass is 326 g/mol. The van der Waals surface area contributed by atoms with Crippen LogP contribution in [0.15, 0.2) is 48.7 Å². The number of nitrogens with zero attached hydrogens (tertiary/aromatic N) is 2. The summed E-state index contributed by atoms with van der Waals surface area (Å²) in [5, 5.41) is 0. The molecule has 2 aliphatic rings. The Bertz CT molecular complexity index is 737. The van der Waals surface area contributed by atoms with Gasteiger partial charge in [-0.2, -0.15) is 0 Å². The van der Waals surface area contributed by atoms with Crippen LogP contribution in [0.2, 0.25) is 0 Å². The van der Waals surface area contributed by atoms with Crippen LogP contribution in [-0.4, -0.2) is 41.8 Å². The van der Waals surface area contributed by atoms with Gasteiger partial charge in [-0.3, -0.25) is 4.90 Å². The van der Waals surface area contributed by atoms with Crippen molar-refractivity contribution < 1.29 is 19.0 Å². The molecule has 2 aliphatic heterocycles. The summed E-state index contributed by atoms with van der Waals surface area (Å²) in [6, 6.07) is 13.2. The van der Waals surface area contributed by atoms with Gasteiger partial charge in [0.25, 0.3) is 0 Å². The summed E-state index contributed by atoms with van der Waals surface area (Å²) in [6.07, 6.45) is 1.56. The van der Waals surface area contributed by atoms with Gasteiger partial charge >= 0.3 is 6.09 Å². The standard InChI is InChI=1S/C18H18N2O4/c1-22-18(21)20-11-16(24-17-8-4-5-9-19-17)15-10-13(20)12-6-2-3-7-14(12)23-15/h2-9,13,15-16H,10-11H2,1H3/t13-,15-,16+/m1/s1. The minimum absolute atomic E-state index is 0.0593. The number of aromatic nitrogens is 1. The molecule has 1 aromatic carbocycles. The zero-order valence-electron chi connectivity index (χ0n) is 13.3. The van der Waals surface area contributed by atoms with Crippen molar-refractivity contribution in [3.63, 3.8) is 0 Å². The lowest BCUT2D eigenvalue weighted by Crippen LogP contribution is -2.56. The maximum atomic E-state index is 12.3. The summed E-state index contributed by atoms with van der Waals surface area (Å²) in [5.74, 6) is 1.31. The lowest BCUT2D eigenvalue weighted by atomic mass is 9.88. The van der Waals surface area contributed by atoms with Crippen molar-refractivity contribution in [1.82, 2.24) is 9.88 Å². The predicted octanol–water partition coefficient (Wildman–Crippen LogP) is 2.80. The van der Waals surface area contributed by atoms with Crippen LogP contribution < -0.4 is 9.47 Å². The van der Waals surface area contributed by atoms with Crippen LogP contribution in [0.1, 0.15) is 18.0 Å². The fourth-order valence-electron chi connectivity index (χ4n) is 3.39. The average molecular weight is 326 g/mol. The lowest BCUT2D eigenvalue weighted by molar-refractivity contribution is -0.0482. The number of amides is 1. The highest BCUT2D eigenvalue weighted by molar-refractivity contribution is 5.69. The van der Waals surface area contributed by atoms with Crippen molar-refractivity contribution in [1.29, 1.82) is 0 Å². The molecule has 6 heteroatoms. The number of hydrogen-bond acceptors (Lipinski definition) is 5. The van der Waals surface area contributed by atoms with Crippen LogP contribution in [0.25, 0.3) is 0 Å². The van der Waals surface area contributed by atoms with Crippen molar-refractivity contribution in [2.24, 2.45) is 0 Å². The topological polar surface area (TPSA) is 60.9 Å². The molecule has 2 bridgehead atoms. The Labute approximate surface area is 140 Å². The Hall–Kier alpha value is -2.76. The van der Waals surface area contributed by atoms with Crippen molar-refractivity contribution >= 4 is 6.09 Å². The molecule has 3 heterocycles. The van der Waals surface area contributed by atoms with E-state index in [9.17, 15) is 4.79 Å². The molecule has 1 amide bonds. The second-order valence-electron chi connectivity index (χ2n) is 5.89. The first-order chi connectivity index (χ1) is 11.8. The van der Waals surface area contributed by atoms with Gasteiger partial charge in [-0.25, -0.2) is 9.78 Å². The fourth-order valence-corrected chi connectivity index (χ4v) is 3.39. The van der Waals surface area contributed by atoms with Crippen LogP contribution in [-0.2, 0) is 4.74 Å². The molecule has 0 radical (unpaired) electrons. The molecule has 0 N–H and O–H groups in total. The van der Waals surface area contributed by atoms with Crippen molar-refractivity contribution in [2.45, 2.75) is 24.7 Å². The smallest absolute Gasteiger partial charge is 0.410 e. The van der Waals surface area contributed by atoms with Crippen LogP contribution in [0.3, 0.4) is 0 Å². The minimum atomic E-state index is -0.357. The number of hydrogen-bond donors (Lipinski definition) is 0. The van der Waals surface area contributed by atoms with E-state index >= 15 is 0 Å². The Kier molecular flexibility index (Phi) is 3.72. The molecule has 1 saturated heterocycles. The quantitative estimate of drug-likeness (QED) is 0.849. The second kappa shape index (κ2) is 6.03. The molecular weight excluding hydrogens is 308 g/mol. The molecular formula is C18H18N2O4. The second-order valence-corrected chi connectivity index (χ2v) is 5.89.